The predicted molar refractivity (Wildman–Crippen MR) is 147 cm³/mol. The molecule has 1 N–H and O–H groups in total. The molecule has 1 aromatic heterocycles. The Labute approximate surface area is 225 Å². The minimum absolute atomic E-state index is 0.348. The number of rotatable bonds is 3. The second-order valence-corrected chi connectivity index (χ2v) is 12.1. The number of aldehydes is 1. The van der Waals surface area contributed by atoms with Crippen molar-refractivity contribution in [1.29, 1.82) is 0 Å². The summed E-state index contributed by atoms with van der Waals surface area (Å²) >= 11 is 13.8. The van der Waals surface area contributed by atoms with E-state index in [0.29, 0.717) is 17.8 Å². The summed E-state index contributed by atoms with van der Waals surface area (Å²) in [6.45, 7) is 4.51. The van der Waals surface area contributed by atoms with Gasteiger partial charge in [0.2, 0.25) is 0 Å². The third-order valence-corrected chi connectivity index (χ3v) is 8.85. The monoisotopic (exact) mass is 609 g/mol. The van der Waals surface area contributed by atoms with E-state index in [9.17, 15) is 4.79 Å². The van der Waals surface area contributed by atoms with Gasteiger partial charge >= 0.3 is 0 Å². The highest BCUT2D eigenvalue weighted by molar-refractivity contribution is 9.10. The molecule has 2 aromatic rings. The molecule has 5 rings (SSSR count). The lowest BCUT2D eigenvalue weighted by atomic mass is 9.76. The maximum absolute atomic E-state index is 10.1. The third kappa shape index (κ3) is 6.50. The van der Waals surface area contributed by atoms with Crippen molar-refractivity contribution in [3.63, 3.8) is 0 Å². The van der Waals surface area contributed by atoms with Crippen molar-refractivity contribution in [2.24, 2.45) is 11.8 Å². The second kappa shape index (κ2) is 12.4. The number of pyridine rings is 1. The first kappa shape index (κ1) is 26.3. The summed E-state index contributed by atoms with van der Waals surface area (Å²) in [7, 11) is 2.22. The Morgan fingerprint density at radius 3 is 2.50 bits per heavy atom. The lowest BCUT2D eigenvalue weighted by Crippen LogP contribution is -2.33. The molecular weight excluding hydrogens is 578 g/mol. The van der Waals surface area contributed by atoms with Gasteiger partial charge in [0.25, 0.3) is 0 Å². The SMILES string of the molecule is CN1CCC(C2c3ncc(Br)cc3CCc3cc(Cl)cc(Br)c32)CC1.O=CCC1CCNCC1. The van der Waals surface area contributed by atoms with Gasteiger partial charge in [0.05, 0.1) is 5.69 Å². The number of fused-ring (bicyclic) bond motifs is 2. The molecule has 1 aromatic carbocycles. The van der Waals surface area contributed by atoms with E-state index >= 15 is 0 Å². The second-order valence-electron chi connectivity index (χ2n) is 9.87. The van der Waals surface area contributed by atoms with Crippen LogP contribution < -0.4 is 5.32 Å². The molecule has 3 aliphatic rings. The van der Waals surface area contributed by atoms with Gasteiger partial charge in [-0.3, -0.25) is 4.98 Å². The van der Waals surface area contributed by atoms with E-state index in [-0.39, 0.29) is 0 Å². The van der Waals surface area contributed by atoms with Gasteiger partial charge in [-0.05, 0) is 134 Å². The van der Waals surface area contributed by atoms with E-state index < -0.39 is 0 Å². The molecule has 0 radical (unpaired) electrons. The number of hydrogen-bond donors (Lipinski definition) is 1. The first-order valence-electron chi connectivity index (χ1n) is 12.4. The molecule has 1 unspecified atom stereocenters. The van der Waals surface area contributed by atoms with Gasteiger partial charge in [0, 0.05) is 32.5 Å². The zero-order valence-corrected chi connectivity index (χ0v) is 23.8. The van der Waals surface area contributed by atoms with Crippen LogP contribution in [0.4, 0.5) is 0 Å². The molecular formula is C27H34Br2ClN3O. The third-order valence-electron chi connectivity index (χ3n) is 7.54. The normalized spacial score (nSPS) is 21.6. The summed E-state index contributed by atoms with van der Waals surface area (Å²) in [5, 5.41) is 4.07. The summed E-state index contributed by atoms with van der Waals surface area (Å²) in [5.41, 5.74) is 5.42. The number of nitrogens with zero attached hydrogens (tertiary/aromatic N) is 2. The average molecular weight is 612 g/mol. The minimum Gasteiger partial charge on any atom is -0.317 e. The van der Waals surface area contributed by atoms with Gasteiger partial charge in [-0.1, -0.05) is 27.5 Å². The summed E-state index contributed by atoms with van der Waals surface area (Å²) in [5.74, 6) is 1.64. The molecule has 184 valence electrons. The number of nitrogens with one attached hydrogen (secondary N) is 1. The van der Waals surface area contributed by atoms with Gasteiger partial charge in [-0.15, -0.1) is 0 Å². The van der Waals surface area contributed by atoms with E-state index in [1.807, 2.05) is 12.3 Å². The van der Waals surface area contributed by atoms with E-state index in [1.54, 1.807) is 0 Å². The fraction of sp³-hybridized carbons (Fsp3) is 0.556. The Morgan fingerprint density at radius 1 is 1.09 bits per heavy atom. The van der Waals surface area contributed by atoms with Gasteiger partial charge in [0.15, 0.2) is 0 Å². The molecule has 1 atom stereocenters. The Hall–Kier alpha value is -0.790. The van der Waals surface area contributed by atoms with Crippen molar-refractivity contribution in [3.8, 4) is 0 Å². The zero-order valence-electron chi connectivity index (χ0n) is 19.8. The molecule has 34 heavy (non-hydrogen) atoms. The van der Waals surface area contributed by atoms with Gasteiger partial charge < -0.3 is 15.0 Å². The van der Waals surface area contributed by atoms with E-state index in [4.69, 9.17) is 16.6 Å². The van der Waals surface area contributed by atoms with Crippen LogP contribution in [-0.4, -0.2) is 49.4 Å². The lowest BCUT2D eigenvalue weighted by Gasteiger charge is -2.35. The highest BCUT2D eigenvalue weighted by atomic mass is 79.9. The first-order chi connectivity index (χ1) is 16.5. The van der Waals surface area contributed by atoms with E-state index in [1.165, 1.54) is 48.1 Å². The molecule has 2 aliphatic heterocycles. The topological polar surface area (TPSA) is 45.2 Å². The van der Waals surface area contributed by atoms with Crippen LogP contribution in [0.2, 0.25) is 5.02 Å². The molecule has 0 bridgehead atoms. The van der Waals surface area contributed by atoms with Crippen LogP contribution in [0.15, 0.2) is 33.3 Å². The van der Waals surface area contributed by atoms with Crippen LogP contribution in [0.1, 0.15) is 60.4 Å². The van der Waals surface area contributed by atoms with Crippen LogP contribution in [0, 0.1) is 11.8 Å². The molecule has 0 spiro atoms. The summed E-state index contributed by atoms with van der Waals surface area (Å²) in [6, 6.07) is 6.46. The van der Waals surface area contributed by atoms with E-state index in [2.05, 4.69) is 61.3 Å². The van der Waals surface area contributed by atoms with Gasteiger partial charge in [0.1, 0.15) is 6.29 Å². The molecule has 2 fully saturated rings. The number of halogens is 3. The molecule has 3 heterocycles. The maximum atomic E-state index is 10.1. The Morgan fingerprint density at radius 2 is 1.79 bits per heavy atom. The molecule has 1 aliphatic carbocycles. The van der Waals surface area contributed by atoms with Crippen LogP contribution in [0.25, 0.3) is 0 Å². The highest BCUT2D eigenvalue weighted by Crippen LogP contribution is 2.46. The van der Waals surface area contributed by atoms with Crippen molar-refractivity contribution in [2.45, 2.75) is 50.9 Å². The van der Waals surface area contributed by atoms with Crippen LogP contribution in [-0.2, 0) is 17.6 Å². The zero-order chi connectivity index (χ0) is 24.1. The van der Waals surface area contributed by atoms with Crippen molar-refractivity contribution in [3.05, 3.63) is 60.7 Å². The number of aryl methyl sites for hydroxylation is 2. The summed E-state index contributed by atoms with van der Waals surface area (Å²) in [4.78, 5) is 17.4. The average Bonchev–Trinajstić information content (AvgIpc) is 2.98. The van der Waals surface area contributed by atoms with Crippen molar-refractivity contribution >= 4 is 49.7 Å². The van der Waals surface area contributed by atoms with Crippen LogP contribution >= 0.6 is 43.5 Å². The van der Waals surface area contributed by atoms with Crippen LogP contribution in [0.3, 0.4) is 0 Å². The Kier molecular flexibility index (Phi) is 9.62. The largest absolute Gasteiger partial charge is 0.317 e. The van der Waals surface area contributed by atoms with Crippen molar-refractivity contribution in [2.75, 3.05) is 33.2 Å². The molecule has 7 heteroatoms. The fourth-order valence-corrected chi connectivity index (χ4v) is 7.14. The highest BCUT2D eigenvalue weighted by Gasteiger charge is 2.35. The summed E-state index contributed by atoms with van der Waals surface area (Å²) < 4.78 is 2.20. The van der Waals surface area contributed by atoms with E-state index in [0.717, 1.165) is 65.7 Å². The molecule has 0 saturated carbocycles. The number of hydrogen-bond acceptors (Lipinski definition) is 4. The predicted octanol–water partition coefficient (Wildman–Crippen LogP) is 6.41. The van der Waals surface area contributed by atoms with Gasteiger partial charge in [-0.25, -0.2) is 0 Å². The summed E-state index contributed by atoms with van der Waals surface area (Å²) in [6.07, 6.45) is 10.6. The molecule has 2 saturated heterocycles. The Bertz CT molecular complexity index is 988. The minimum atomic E-state index is 0.348. The number of benzene rings is 1. The number of aromatic nitrogens is 1. The number of likely N-dealkylation sites (tertiary alicyclic amines) is 1. The van der Waals surface area contributed by atoms with Crippen molar-refractivity contribution < 1.29 is 4.79 Å². The quantitative estimate of drug-likeness (QED) is 0.408. The van der Waals surface area contributed by atoms with Crippen molar-refractivity contribution in [1.82, 2.24) is 15.2 Å². The fourth-order valence-electron chi connectivity index (χ4n) is 5.65. The standard InChI is InChI=1S/C20H21Br2ClN2.C7H13NO/c1-25-6-4-12(5-7-25)19-18-13(9-16(23)10-17(18)22)2-3-14-8-15(21)11-24-20(14)19;9-6-3-7-1-4-8-5-2-7/h8-12,19H,2-7H2,1H3;6-8H,1-5H2. The Balaban J connectivity index is 0.000000257. The molecule has 0 amide bonds. The van der Waals surface area contributed by atoms with Crippen LogP contribution in [0.5, 0.6) is 0 Å². The maximum Gasteiger partial charge on any atom is 0.120 e. The first-order valence-corrected chi connectivity index (χ1v) is 14.4. The number of carbonyl (C=O) groups excluding carboxylic acids is 1. The smallest absolute Gasteiger partial charge is 0.120 e. The molecule has 4 nitrogen and oxygen atoms in total. The lowest BCUT2D eigenvalue weighted by molar-refractivity contribution is -0.108. The van der Waals surface area contributed by atoms with Gasteiger partial charge in [-0.2, -0.15) is 0 Å². The number of piperidine rings is 2. The number of carbonyl (C=O) groups is 1.